The Morgan fingerprint density at radius 3 is 2.50 bits per heavy atom. The van der Waals surface area contributed by atoms with Gasteiger partial charge in [0.25, 0.3) is 5.91 Å². The third kappa shape index (κ3) is 4.26. The smallest absolute Gasteiger partial charge is 0.251 e. The molecule has 0 saturated carbocycles. The molecule has 26 heavy (non-hydrogen) atoms. The normalized spacial score (nSPS) is 17.1. The zero-order valence-corrected chi connectivity index (χ0v) is 16.0. The van der Waals surface area contributed by atoms with E-state index in [-0.39, 0.29) is 12.5 Å². The first kappa shape index (κ1) is 18.9. The van der Waals surface area contributed by atoms with Crippen LogP contribution in [0.15, 0.2) is 42.5 Å². The zero-order chi connectivity index (χ0) is 18.7. The van der Waals surface area contributed by atoms with Gasteiger partial charge in [-0.1, -0.05) is 35.9 Å². The molecule has 0 aliphatic carbocycles. The van der Waals surface area contributed by atoms with Crippen molar-refractivity contribution in [1.82, 2.24) is 10.2 Å². The number of halogens is 1. The summed E-state index contributed by atoms with van der Waals surface area (Å²) in [6, 6.07) is 13.3. The molecule has 4 nitrogen and oxygen atoms in total. The SMILES string of the molecule is Cc1c(Cl)cccc1-c1ccc(C(=O)NCC2(O)CCN(C)CC2)cc1. The Balaban J connectivity index is 1.65. The summed E-state index contributed by atoms with van der Waals surface area (Å²) < 4.78 is 0. The van der Waals surface area contributed by atoms with Crippen LogP contribution in [0.4, 0.5) is 0 Å². The van der Waals surface area contributed by atoms with Crippen molar-refractivity contribution in [3.8, 4) is 11.1 Å². The maximum absolute atomic E-state index is 12.4. The first-order valence-electron chi connectivity index (χ1n) is 8.93. The first-order valence-corrected chi connectivity index (χ1v) is 9.30. The van der Waals surface area contributed by atoms with Gasteiger partial charge in [0.05, 0.1) is 5.60 Å². The number of carbonyl (C=O) groups is 1. The Hall–Kier alpha value is -1.88. The summed E-state index contributed by atoms with van der Waals surface area (Å²) in [4.78, 5) is 14.6. The van der Waals surface area contributed by atoms with Crippen molar-refractivity contribution >= 4 is 17.5 Å². The van der Waals surface area contributed by atoms with Gasteiger partial charge in [0.1, 0.15) is 0 Å². The van der Waals surface area contributed by atoms with Crippen molar-refractivity contribution in [2.24, 2.45) is 0 Å². The van der Waals surface area contributed by atoms with E-state index in [9.17, 15) is 9.90 Å². The standard InChI is InChI=1S/C21H25ClN2O2/c1-15-18(4-3-5-19(15)22)16-6-8-17(9-7-16)20(25)23-14-21(26)10-12-24(2)13-11-21/h3-9,26H,10-14H2,1-2H3,(H,23,25). The lowest BCUT2D eigenvalue weighted by Crippen LogP contribution is -2.50. The molecule has 0 atom stereocenters. The minimum atomic E-state index is -0.806. The number of carbonyl (C=O) groups excluding carboxylic acids is 1. The van der Waals surface area contributed by atoms with E-state index in [1.807, 2.05) is 56.4 Å². The van der Waals surface area contributed by atoms with Gasteiger partial charge in [0.15, 0.2) is 0 Å². The van der Waals surface area contributed by atoms with Crippen LogP contribution in [-0.2, 0) is 0 Å². The molecular weight excluding hydrogens is 348 g/mol. The molecule has 0 spiro atoms. The molecule has 1 amide bonds. The third-order valence-corrected chi connectivity index (χ3v) is 5.63. The van der Waals surface area contributed by atoms with E-state index in [4.69, 9.17) is 11.6 Å². The summed E-state index contributed by atoms with van der Waals surface area (Å²) in [6.07, 6.45) is 1.35. The molecule has 5 heteroatoms. The van der Waals surface area contributed by atoms with E-state index >= 15 is 0 Å². The summed E-state index contributed by atoms with van der Waals surface area (Å²) in [6.45, 7) is 3.97. The van der Waals surface area contributed by atoms with Crippen molar-refractivity contribution in [1.29, 1.82) is 0 Å². The highest BCUT2D eigenvalue weighted by atomic mass is 35.5. The number of aliphatic hydroxyl groups is 1. The van der Waals surface area contributed by atoms with E-state index in [1.165, 1.54) is 0 Å². The van der Waals surface area contributed by atoms with E-state index in [2.05, 4.69) is 10.2 Å². The molecule has 2 N–H and O–H groups in total. The zero-order valence-electron chi connectivity index (χ0n) is 15.3. The topological polar surface area (TPSA) is 52.6 Å². The molecule has 138 valence electrons. The van der Waals surface area contributed by atoms with Crippen LogP contribution in [0, 0.1) is 6.92 Å². The lowest BCUT2D eigenvalue weighted by atomic mass is 9.91. The van der Waals surface area contributed by atoms with Crippen molar-refractivity contribution in [2.75, 3.05) is 26.7 Å². The predicted octanol–water partition coefficient (Wildman–Crippen LogP) is 3.50. The fourth-order valence-electron chi connectivity index (χ4n) is 3.28. The van der Waals surface area contributed by atoms with Crippen LogP contribution in [0.3, 0.4) is 0 Å². The highest BCUT2D eigenvalue weighted by Crippen LogP contribution is 2.28. The summed E-state index contributed by atoms with van der Waals surface area (Å²) in [5.41, 5.74) is 2.89. The van der Waals surface area contributed by atoms with Crippen molar-refractivity contribution in [3.05, 3.63) is 58.6 Å². The fraction of sp³-hybridized carbons (Fsp3) is 0.381. The summed E-state index contributed by atoms with van der Waals surface area (Å²) in [5.74, 6) is -0.160. The highest BCUT2D eigenvalue weighted by molar-refractivity contribution is 6.31. The third-order valence-electron chi connectivity index (χ3n) is 5.22. The van der Waals surface area contributed by atoms with Crippen LogP contribution in [0.25, 0.3) is 11.1 Å². The van der Waals surface area contributed by atoms with Gasteiger partial charge in [-0.2, -0.15) is 0 Å². The number of likely N-dealkylation sites (tertiary alicyclic amines) is 1. The van der Waals surface area contributed by atoms with Gasteiger partial charge in [-0.25, -0.2) is 0 Å². The Morgan fingerprint density at radius 1 is 1.19 bits per heavy atom. The minimum Gasteiger partial charge on any atom is -0.388 e. The van der Waals surface area contributed by atoms with Crippen LogP contribution in [0.2, 0.25) is 5.02 Å². The fourth-order valence-corrected chi connectivity index (χ4v) is 3.45. The molecule has 0 unspecified atom stereocenters. The van der Waals surface area contributed by atoms with Gasteiger partial charge in [-0.3, -0.25) is 4.79 Å². The number of benzene rings is 2. The van der Waals surface area contributed by atoms with Crippen molar-refractivity contribution in [2.45, 2.75) is 25.4 Å². The molecule has 1 heterocycles. The number of amides is 1. The number of nitrogens with one attached hydrogen (secondary N) is 1. The van der Waals surface area contributed by atoms with Gasteiger partial charge in [0.2, 0.25) is 0 Å². The lowest BCUT2D eigenvalue weighted by molar-refractivity contribution is -0.0135. The molecule has 1 fully saturated rings. The number of nitrogens with zero attached hydrogens (tertiary/aromatic N) is 1. The maximum Gasteiger partial charge on any atom is 0.251 e. The Bertz CT molecular complexity index is 781. The second-order valence-corrected chi connectivity index (χ2v) is 7.61. The molecule has 0 bridgehead atoms. The number of rotatable bonds is 4. The maximum atomic E-state index is 12.4. The Labute approximate surface area is 159 Å². The molecule has 2 aromatic carbocycles. The van der Waals surface area contributed by atoms with Crippen LogP contribution in [-0.4, -0.2) is 48.2 Å². The Morgan fingerprint density at radius 2 is 1.85 bits per heavy atom. The quantitative estimate of drug-likeness (QED) is 0.863. The first-order chi connectivity index (χ1) is 12.4. The molecule has 0 aromatic heterocycles. The molecular formula is C21H25ClN2O2. The molecule has 1 aliphatic heterocycles. The van der Waals surface area contributed by atoms with Crippen LogP contribution >= 0.6 is 11.6 Å². The van der Waals surface area contributed by atoms with Gasteiger partial charge in [-0.15, -0.1) is 0 Å². The molecule has 1 saturated heterocycles. The number of hydrogen-bond donors (Lipinski definition) is 2. The van der Waals surface area contributed by atoms with E-state index in [0.29, 0.717) is 18.4 Å². The minimum absolute atomic E-state index is 0.160. The van der Waals surface area contributed by atoms with Crippen LogP contribution < -0.4 is 5.32 Å². The van der Waals surface area contributed by atoms with Gasteiger partial charge in [0, 0.05) is 30.2 Å². The highest BCUT2D eigenvalue weighted by Gasteiger charge is 2.31. The molecule has 1 aliphatic rings. The molecule has 0 radical (unpaired) electrons. The largest absolute Gasteiger partial charge is 0.388 e. The second-order valence-electron chi connectivity index (χ2n) is 7.20. The second kappa shape index (κ2) is 7.78. The van der Waals surface area contributed by atoms with Gasteiger partial charge < -0.3 is 15.3 Å². The van der Waals surface area contributed by atoms with Crippen molar-refractivity contribution in [3.63, 3.8) is 0 Å². The monoisotopic (exact) mass is 372 g/mol. The summed E-state index contributed by atoms with van der Waals surface area (Å²) in [5, 5.41) is 14.2. The Kier molecular flexibility index (Phi) is 5.66. The molecule has 3 rings (SSSR count). The predicted molar refractivity (Wildman–Crippen MR) is 106 cm³/mol. The van der Waals surface area contributed by atoms with E-state index < -0.39 is 5.60 Å². The van der Waals surface area contributed by atoms with Crippen molar-refractivity contribution < 1.29 is 9.90 Å². The van der Waals surface area contributed by atoms with Gasteiger partial charge in [-0.05, 0) is 61.7 Å². The lowest BCUT2D eigenvalue weighted by Gasteiger charge is -2.36. The summed E-state index contributed by atoms with van der Waals surface area (Å²) >= 11 is 6.19. The number of piperidine rings is 1. The van der Waals surface area contributed by atoms with Crippen LogP contribution in [0.5, 0.6) is 0 Å². The average Bonchev–Trinajstić information content (AvgIpc) is 2.65. The van der Waals surface area contributed by atoms with E-state index in [0.717, 1.165) is 34.8 Å². The summed E-state index contributed by atoms with van der Waals surface area (Å²) in [7, 11) is 2.04. The molecule has 2 aromatic rings. The van der Waals surface area contributed by atoms with E-state index in [1.54, 1.807) is 0 Å². The number of hydrogen-bond acceptors (Lipinski definition) is 3. The average molecular weight is 373 g/mol. The van der Waals surface area contributed by atoms with Crippen LogP contribution in [0.1, 0.15) is 28.8 Å². The van der Waals surface area contributed by atoms with Gasteiger partial charge >= 0.3 is 0 Å².